The van der Waals surface area contributed by atoms with Crippen molar-refractivity contribution in [1.82, 2.24) is 0 Å². The van der Waals surface area contributed by atoms with E-state index in [-0.39, 0.29) is 6.10 Å². The van der Waals surface area contributed by atoms with Crippen LogP contribution >= 0.6 is 0 Å². The van der Waals surface area contributed by atoms with Gasteiger partial charge in [-0.25, -0.2) is 0 Å². The molecular weight excluding hydrogens is 136 g/mol. The molecule has 6 aliphatic carbocycles. The van der Waals surface area contributed by atoms with Crippen molar-refractivity contribution >= 4 is 0 Å². The first kappa shape index (κ1) is 4.86. The van der Waals surface area contributed by atoms with E-state index in [1.807, 2.05) is 0 Å². The maximum absolute atomic E-state index is 9.86. The highest BCUT2D eigenvalue weighted by atomic mass is 16.3. The lowest BCUT2D eigenvalue weighted by molar-refractivity contribution is 0.0978. The summed E-state index contributed by atoms with van der Waals surface area (Å²) in [6.45, 7) is 2.49. The standard InChI is InChI=1S/C10H12O/c1-10-6-2-3(6)5-8(10)7(10)4(2)9(5)11/h2-9,11H,1H3/t2-,3-,4+,5+,6?,7-,8+,9?,10?/m0/s1. The van der Waals surface area contributed by atoms with Crippen LogP contribution in [0.2, 0.25) is 0 Å². The van der Waals surface area contributed by atoms with Gasteiger partial charge in [0, 0.05) is 0 Å². The summed E-state index contributed by atoms with van der Waals surface area (Å²) in [5.41, 5.74) is 0.768. The number of aliphatic hydroxyl groups is 1. The molecule has 1 nitrogen and oxygen atoms in total. The molecule has 0 spiro atoms. The van der Waals surface area contributed by atoms with Crippen LogP contribution in [0.5, 0.6) is 0 Å². The van der Waals surface area contributed by atoms with Crippen molar-refractivity contribution in [2.75, 3.05) is 0 Å². The Kier molecular flexibility index (Phi) is 0.393. The SMILES string of the molecule is CC12C3[C@H]4[C@H]3[C@H]3C(O)[C@H]4[C@@H]1[C@H]32. The van der Waals surface area contributed by atoms with Crippen molar-refractivity contribution in [3.8, 4) is 0 Å². The average molecular weight is 148 g/mol. The van der Waals surface area contributed by atoms with Gasteiger partial charge in [0.2, 0.25) is 0 Å². The molecule has 3 unspecified atom stereocenters. The van der Waals surface area contributed by atoms with Gasteiger partial charge in [-0.2, -0.15) is 0 Å². The summed E-state index contributed by atoms with van der Waals surface area (Å²) in [5, 5.41) is 9.86. The lowest BCUT2D eigenvalue weighted by Gasteiger charge is -2.12. The van der Waals surface area contributed by atoms with Gasteiger partial charge in [-0.05, 0) is 46.8 Å². The molecule has 11 heavy (non-hydrogen) atoms. The van der Waals surface area contributed by atoms with Crippen molar-refractivity contribution in [3.63, 3.8) is 0 Å². The van der Waals surface area contributed by atoms with E-state index in [1.54, 1.807) is 0 Å². The molecule has 0 aliphatic heterocycles. The quantitative estimate of drug-likeness (QED) is 0.537. The molecule has 6 aliphatic rings. The van der Waals surface area contributed by atoms with Gasteiger partial charge < -0.3 is 5.11 Å². The van der Waals surface area contributed by atoms with Crippen LogP contribution in [0.15, 0.2) is 0 Å². The van der Waals surface area contributed by atoms with Crippen molar-refractivity contribution in [3.05, 3.63) is 0 Å². The van der Waals surface area contributed by atoms with Crippen molar-refractivity contribution in [1.29, 1.82) is 0 Å². The molecule has 2 bridgehead atoms. The first-order valence-electron chi connectivity index (χ1n) is 4.96. The van der Waals surface area contributed by atoms with E-state index in [4.69, 9.17) is 0 Å². The van der Waals surface area contributed by atoms with Gasteiger partial charge in [0.15, 0.2) is 0 Å². The minimum atomic E-state index is 0.145. The minimum absolute atomic E-state index is 0.145. The van der Waals surface area contributed by atoms with E-state index in [2.05, 4.69) is 6.92 Å². The van der Waals surface area contributed by atoms with Gasteiger partial charge in [0.1, 0.15) is 0 Å². The molecular formula is C10H12O. The summed E-state index contributed by atoms with van der Waals surface area (Å²) in [4.78, 5) is 0. The molecule has 0 aromatic rings. The second kappa shape index (κ2) is 0.891. The maximum Gasteiger partial charge on any atom is 0.0608 e. The van der Waals surface area contributed by atoms with Crippen molar-refractivity contribution in [2.24, 2.45) is 46.8 Å². The zero-order valence-electron chi connectivity index (χ0n) is 6.57. The highest BCUT2D eigenvalue weighted by Gasteiger charge is 2.98. The van der Waals surface area contributed by atoms with Crippen molar-refractivity contribution < 1.29 is 5.11 Å². The lowest BCUT2D eigenvalue weighted by Crippen LogP contribution is -2.18. The number of rotatable bonds is 0. The van der Waals surface area contributed by atoms with E-state index in [0.717, 1.165) is 46.8 Å². The predicted molar refractivity (Wildman–Crippen MR) is 38.5 cm³/mol. The van der Waals surface area contributed by atoms with E-state index < -0.39 is 0 Å². The molecule has 0 aromatic heterocycles. The smallest absolute Gasteiger partial charge is 0.0608 e. The Balaban J connectivity index is 1.90. The van der Waals surface area contributed by atoms with Crippen LogP contribution in [0.3, 0.4) is 0 Å². The Morgan fingerprint density at radius 1 is 0.909 bits per heavy atom. The molecule has 6 rings (SSSR count). The van der Waals surface area contributed by atoms with Crippen LogP contribution in [-0.2, 0) is 0 Å². The molecule has 0 heterocycles. The molecule has 0 aromatic carbocycles. The van der Waals surface area contributed by atoms with E-state index >= 15 is 0 Å². The normalized spacial score (nSPS) is 96.5. The summed E-state index contributed by atoms with van der Waals surface area (Å²) in [6, 6.07) is 0. The van der Waals surface area contributed by atoms with Crippen LogP contribution in [0, 0.1) is 46.8 Å². The molecule has 1 heteroatoms. The second-order valence-electron chi connectivity index (χ2n) is 5.74. The summed E-state index contributed by atoms with van der Waals surface area (Å²) >= 11 is 0. The van der Waals surface area contributed by atoms with Crippen LogP contribution in [0.25, 0.3) is 0 Å². The fourth-order valence-corrected chi connectivity index (χ4v) is 6.15. The Hall–Kier alpha value is -0.0400. The number of hydrogen-bond acceptors (Lipinski definition) is 1. The fourth-order valence-electron chi connectivity index (χ4n) is 6.15. The molecule has 0 saturated heterocycles. The third kappa shape index (κ3) is 0.217. The Morgan fingerprint density at radius 2 is 1.45 bits per heavy atom. The molecule has 1 N–H and O–H groups in total. The third-order valence-corrected chi connectivity index (χ3v) is 6.07. The Labute approximate surface area is 65.8 Å². The maximum atomic E-state index is 9.86. The Morgan fingerprint density at radius 3 is 1.73 bits per heavy atom. The molecule has 0 radical (unpaired) electrons. The summed E-state index contributed by atoms with van der Waals surface area (Å²) in [7, 11) is 0. The van der Waals surface area contributed by atoms with E-state index in [0.29, 0.717) is 0 Å². The van der Waals surface area contributed by atoms with Crippen LogP contribution in [0.4, 0.5) is 0 Å². The monoisotopic (exact) mass is 148 g/mol. The highest BCUT2D eigenvalue weighted by Crippen LogP contribution is 2.99. The van der Waals surface area contributed by atoms with Gasteiger partial charge in [-0.1, -0.05) is 6.92 Å². The van der Waals surface area contributed by atoms with Gasteiger partial charge in [-0.3, -0.25) is 0 Å². The first-order valence-corrected chi connectivity index (χ1v) is 4.96. The largest absolute Gasteiger partial charge is 0.393 e. The third-order valence-electron chi connectivity index (χ3n) is 6.07. The molecule has 6 saturated carbocycles. The second-order valence-corrected chi connectivity index (χ2v) is 5.74. The fraction of sp³-hybridized carbons (Fsp3) is 1.00. The molecule has 9 atom stereocenters. The van der Waals surface area contributed by atoms with Gasteiger partial charge in [0.05, 0.1) is 6.10 Å². The first-order chi connectivity index (χ1) is 5.28. The van der Waals surface area contributed by atoms with Gasteiger partial charge in [-0.15, -0.1) is 0 Å². The van der Waals surface area contributed by atoms with E-state index in [9.17, 15) is 5.11 Å². The van der Waals surface area contributed by atoms with Crippen LogP contribution < -0.4 is 0 Å². The summed E-state index contributed by atoms with van der Waals surface area (Å²) in [5.74, 6) is 6.65. The zero-order chi connectivity index (χ0) is 7.12. The Bertz CT molecular complexity index is 273. The molecule has 6 fully saturated rings. The van der Waals surface area contributed by atoms with Gasteiger partial charge in [0.25, 0.3) is 0 Å². The minimum Gasteiger partial charge on any atom is -0.393 e. The number of hydrogen-bond donors (Lipinski definition) is 1. The zero-order valence-corrected chi connectivity index (χ0v) is 6.57. The number of aliphatic hydroxyl groups excluding tert-OH is 1. The van der Waals surface area contributed by atoms with Gasteiger partial charge >= 0.3 is 0 Å². The summed E-state index contributed by atoms with van der Waals surface area (Å²) in [6.07, 6.45) is 0.145. The average Bonchev–Trinajstić information content (AvgIpc) is 2.73. The topological polar surface area (TPSA) is 20.2 Å². The molecule has 0 amide bonds. The predicted octanol–water partition coefficient (Wildman–Crippen LogP) is 0.735. The van der Waals surface area contributed by atoms with Crippen LogP contribution in [0.1, 0.15) is 6.92 Å². The lowest BCUT2D eigenvalue weighted by atomic mass is 9.99. The van der Waals surface area contributed by atoms with Crippen molar-refractivity contribution in [2.45, 2.75) is 13.0 Å². The summed E-state index contributed by atoms with van der Waals surface area (Å²) < 4.78 is 0. The van der Waals surface area contributed by atoms with Crippen LogP contribution in [-0.4, -0.2) is 11.2 Å². The van der Waals surface area contributed by atoms with E-state index in [1.165, 1.54) is 0 Å². The molecule has 58 valence electrons. The highest BCUT2D eigenvalue weighted by molar-refractivity contribution is 5.44.